The summed E-state index contributed by atoms with van der Waals surface area (Å²) in [6.45, 7) is 12.2. The third-order valence-electron chi connectivity index (χ3n) is 17.7. The number of anilines is 1. The molecule has 0 saturated carbocycles. The molecule has 22 nitrogen and oxygen atoms in total. The lowest BCUT2D eigenvalue weighted by atomic mass is 9.81. The monoisotopic (exact) mass is 1380 g/mol. The average Bonchev–Trinajstić information content (AvgIpc) is 1.61. The summed E-state index contributed by atoms with van der Waals surface area (Å²) in [6, 6.07) is 29.6. The smallest absolute Gasteiger partial charge is 0.326 e. The van der Waals surface area contributed by atoms with Crippen molar-refractivity contribution in [2.75, 3.05) is 62.5 Å². The number of para-hydroxylation sites is 2. The highest BCUT2D eigenvalue weighted by Crippen LogP contribution is 2.48. The maximum absolute atomic E-state index is 14.2. The number of urea groups is 1. The number of hydrogen-bond acceptors (Lipinski definition) is 14. The minimum atomic E-state index is -4.14. The zero-order chi connectivity index (χ0) is 70.3. The molecule has 0 aromatic heterocycles. The molecule has 3 amide bonds. The molecule has 0 radical (unpaired) electrons. The standard InChI is InChI=1S/C73H93N5O17S2/c1-6-74-71(86)76-60(70(84)85)36-33-56(79)24-19-42-93-44-45-94-43-39-67(81)75-61(49-51-20-8-7-9-21-51)64(80)50-55(69(82)83)48-52-29-34-57(35-30-52)95-68-53(31-37-65-72(2,3)58-25-10-12-27-62(58)77(65)40-14-16-46-96(87,88)89)22-18-23-54(68)32-38-66-73(4,5)59-26-11-13-28-63(59)78(66)41-15-17-47-97(90,91)92/h7-13,20-21,25-32,34-35,37-38,55,60-61H,6,14-19,22-24,33,36,39-50H2,1-5H3,(H6-,74,75,76,81,82,83,84,85,86,87,88,89,90,91,92)/p+1/t55-,60+,61+/m1/s1. The van der Waals surface area contributed by atoms with E-state index in [0.29, 0.717) is 68.8 Å². The van der Waals surface area contributed by atoms with Gasteiger partial charge in [-0.05, 0) is 143 Å². The summed E-state index contributed by atoms with van der Waals surface area (Å²) in [5.41, 5.74) is 8.57. The van der Waals surface area contributed by atoms with Crippen molar-refractivity contribution < 1.29 is 83.7 Å². The Balaban J connectivity index is 1.05. The van der Waals surface area contributed by atoms with Crippen LogP contribution in [0.5, 0.6) is 5.75 Å². The molecule has 97 heavy (non-hydrogen) atoms. The van der Waals surface area contributed by atoms with Crippen LogP contribution in [-0.2, 0) is 77.4 Å². The number of aliphatic carboxylic acids is 2. The van der Waals surface area contributed by atoms with E-state index in [2.05, 4.69) is 102 Å². The highest BCUT2D eigenvalue weighted by molar-refractivity contribution is 7.86. The number of hydrogen-bond donors (Lipinski definition) is 7. The van der Waals surface area contributed by atoms with E-state index in [9.17, 15) is 64.9 Å². The number of carbonyl (C=O) groups is 6. The molecule has 2 heterocycles. The summed E-state index contributed by atoms with van der Waals surface area (Å²) in [5.74, 6) is -4.23. The molecule has 2 aliphatic heterocycles. The SMILES string of the molecule is CCNC(=O)N[C@@H](CCC(=O)CCCOCCOCCC(=O)N[C@@H](Cc1ccccc1)C(=O)C[C@@H](Cc1ccc(OC2=C(C=CC3=[N+](CCCCS(=O)(=O)O)c4ccccc4C3(C)C)CCCC2=CC=C2N(CCCCS(=O)(=O)O)c3ccccc3C2(C)C)cc1)C(=O)O)C(=O)O. The molecule has 1 aliphatic carbocycles. The van der Waals surface area contributed by atoms with Gasteiger partial charge in [0.25, 0.3) is 20.2 Å². The van der Waals surface area contributed by atoms with Gasteiger partial charge >= 0.3 is 18.0 Å². The fraction of sp³-hybridized carbons (Fsp3) is 0.466. The van der Waals surface area contributed by atoms with E-state index in [4.69, 9.17) is 14.2 Å². The van der Waals surface area contributed by atoms with Crippen molar-refractivity contribution in [2.24, 2.45) is 5.92 Å². The second-order valence-electron chi connectivity index (χ2n) is 25.8. The third kappa shape index (κ3) is 23.0. The first-order valence-corrected chi connectivity index (χ1v) is 36.5. The fourth-order valence-corrected chi connectivity index (χ4v) is 13.7. The zero-order valence-corrected chi connectivity index (χ0v) is 57.8. The van der Waals surface area contributed by atoms with Gasteiger partial charge in [0.05, 0.1) is 48.7 Å². The first kappa shape index (κ1) is 76.2. The second kappa shape index (κ2) is 35.9. The molecule has 0 fully saturated rings. The van der Waals surface area contributed by atoms with E-state index in [-0.39, 0.29) is 102 Å². The molecule has 7 N–H and O–H groups in total. The number of carboxylic acid groups (broad SMARTS) is 2. The van der Waals surface area contributed by atoms with Gasteiger partial charge in [-0.3, -0.25) is 28.3 Å². The van der Waals surface area contributed by atoms with Gasteiger partial charge in [0.15, 0.2) is 11.5 Å². The van der Waals surface area contributed by atoms with Crippen molar-refractivity contribution in [3.63, 3.8) is 0 Å². The minimum absolute atomic E-state index is 0.00600. The number of nitrogens with zero attached hydrogens (tertiary/aromatic N) is 2. The van der Waals surface area contributed by atoms with Gasteiger partial charge < -0.3 is 45.3 Å². The van der Waals surface area contributed by atoms with Gasteiger partial charge in [-0.2, -0.15) is 21.4 Å². The summed E-state index contributed by atoms with van der Waals surface area (Å²) in [6.07, 6.45) is 12.2. The molecule has 0 bridgehead atoms. The summed E-state index contributed by atoms with van der Waals surface area (Å²) in [5, 5.41) is 27.6. The number of fused-ring (bicyclic) bond motifs is 2. The molecule has 0 saturated heterocycles. The van der Waals surface area contributed by atoms with Crippen LogP contribution in [0.1, 0.15) is 140 Å². The lowest BCUT2D eigenvalue weighted by molar-refractivity contribution is -0.438. The molecule has 24 heteroatoms. The Morgan fingerprint density at radius 1 is 0.649 bits per heavy atom. The topological polar surface area (TPSA) is 322 Å². The van der Waals surface area contributed by atoms with Crippen LogP contribution in [0.4, 0.5) is 16.2 Å². The van der Waals surface area contributed by atoms with E-state index in [0.717, 1.165) is 57.0 Å². The van der Waals surface area contributed by atoms with Crippen LogP contribution in [0, 0.1) is 5.92 Å². The number of Topliss-reactive ketones (excluding diaryl/α,β-unsaturated/α-hetero) is 2. The number of unbranched alkanes of at least 4 members (excludes halogenated alkanes) is 2. The van der Waals surface area contributed by atoms with E-state index >= 15 is 0 Å². The van der Waals surface area contributed by atoms with E-state index < -0.39 is 78.7 Å². The van der Waals surface area contributed by atoms with Crippen LogP contribution < -0.4 is 25.6 Å². The van der Waals surface area contributed by atoms with E-state index in [1.54, 1.807) is 31.2 Å². The quantitative estimate of drug-likeness (QED) is 0.0124. The Kier molecular flexibility index (Phi) is 28.2. The third-order valence-corrected chi connectivity index (χ3v) is 19.3. The number of carbonyl (C=O) groups excluding carboxylic acids is 4. The fourth-order valence-electron chi connectivity index (χ4n) is 12.6. The van der Waals surface area contributed by atoms with Crippen LogP contribution in [0.3, 0.4) is 0 Å². The Morgan fingerprint density at radius 3 is 1.98 bits per heavy atom. The van der Waals surface area contributed by atoms with Gasteiger partial charge in [-0.15, -0.1) is 0 Å². The zero-order valence-electron chi connectivity index (χ0n) is 56.1. The van der Waals surface area contributed by atoms with Crippen molar-refractivity contribution in [3.05, 3.63) is 172 Å². The lowest BCUT2D eigenvalue weighted by Gasteiger charge is -2.27. The molecule has 3 aliphatic rings. The van der Waals surface area contributed by atoms with Crippen molar-refractivity contribution in [2.45, 2.75) is 154 Å². The number of ether oxygens (including phenoxy) is 3. The van der Waals surface area contributed by atoms with E-state index in [1.807, 2.05) is 54.6 Å². The average molecular weight is 1380 g/mol. The molecule has 0 spiro atoms. The summed E-state index contributed by atoms with van der Waals surface area (Å²) >= 11 is 0. The first-order valence-electron chi connectivity index (χ1n) is 33.3. The van der Waals surface area contributed by atoms with Crippen LogP contribution >= 0.6 is 0 Å². The number of ketones is 2. The molecule has 4 aromatic rings. The maximum Gasteiger partial charge on any atom is 0.326 e. The Morgan fingerprint density at radius 2 is 1.30 bits per heavy atom. The van der Waals surface area contributed by atoms with Crippen LogP contribution in [0.2, 0.25) is 0 Å². The highest BCUT2D eigenvalue weighted by atomic mass is 32.2. The van der Waals surface area contributed by atoms with Gasteiger partial charge in [0.1, 0.15) is 29.9 Å². The van der Waals surface area contributed by atoms with Crippen molar-refractivity contribution in [1.29, 1.82) is 0 Å². The largest absolute Gasteiger partial charge is 0.481 e. The summed E-state index contributed by atoms with van der Waals surface area (Å²) in [7, 11) is -8.27. The number of amides is 3. The number of nitrogens with one attached hydrogen (secondary N) is 3. The van der Waals surface area contributed by atoms with Gasteiger partial charge in [-0.1, -0.05) is 98.8 Å². The molecular formula is C73H94N5O17S2+. The number of allylic oxidation sites excluding steroid dienone is 7. The molecule has 524 valence electrons. The molecule has 7 rings (SSSR count). The Labute approximate surface area is 569 Å². The minimum Gasteiger partial charge on any atom is -0.481 e. The Bertz CT molecular complexity index is 3820. The first-order chi connectivity index (χ1) is 46.1. The molecular weight excluding hydrogens is 1280 g/mol. The maximum atomic E-state index is 14.2. The van der Waals surface area contributed by atoms with E-state index in [1.165, 1.54) is 0 Å². The Hall–Kier alpha value is -8.13. The second-order valence-corrected chi connectivity index (χ2v) is 28.9. The van der Waals surface area contributed by atoms with Crippen LogP contribution in [0.25, 0.3) is 0 Å². The van der Waals surface area contributed by atoms with Crippen molar-refractivity contribution in [1.82, 2.24) is 16.0 Å². The van der Waals surface area contributed by atoms with Crippen LogP contribution in [0.15, 0.2) is 150 Å². The molecule has 3 atom stereocenters. The lowest BCUT2D eigenvalue weighted by Crippen LogP contribution is -2.46. The van der Waals surface area contributed by atoms with Gasteiger partial charge in [0, 0.05) is 86.3 Å². The van der Waals surface area contributed by atoms with Crippen molar-refractivity contribution in [3.8, 4) is 5.75 Å². The molecule has 4 aromatic carbocycles. The van der Waals surface area contributed by atoms with Gasteiger partial charge in [0.2, 0.25) is 11.6 Å². The van der Waals surface area contributed by atoms with Crippen LogP contribution in [-0.4, -0.2) is 152 Å². The number of benzene rings is 4. The molecule has 0 unspecified atom stereocenters. The predicted octanol–water partition coefficient (Wildman–Crippen LogP) is 10.3. The predicted molar refractivity (Wildman–Crippen MR) is 371 cm³/mol. The normalized spacial score (nSPS) is 16.8. The summed E-state index contributed by atoms with van der Waals surface area (Å²) < 4.78 is 86.2. The number of rotatable bonds is 40. The number of carboxylic acids is 2. The summed E-state index contributed by atoms with van der Waals surface area (Å²) in [4.78, 5) is 78.4. The highest BCUT2D eigenvalue weighted by Gasteiger charge is 2.44. The van der Waals surface area contributed by atoms with Gasteiger partial charge in [-0.25, -0.2) is 9.59 Å². The van der Waals surface area contributed by atoms with Crippen molar-refractivity contribution >= 4 is 72.8 Å².